The molecule has 0 saturated heterocycles. The second-order valence-electron chi connectivity index (χ2n) is 3.58. The molecule has 1 heterocycles. The summed E-state index contributed by atoms with van der Waals surface area (Å²) in [5, 5.41) is 2.24. The Hall–Kier alpha value is -1.23. The lowest BCUT2D eigenvalue weighted by molar-refractivity contribution is 0.412. The minimum absolute atomic E-state index is 0.889. The summed E-state index contributed by atoms with van der Waals surface area (Å²) < 4.78 is 12.2. The third-order valence-corrected chi connectivity index (χ3v) is 3.49. The normalized spacial score (nSPS) is 11.1. The Bertz CT molecular complexity index is 670. The van der Waals surface area contributed by atoms with Gasteiger partial charge in [0.25, 0.3) is 0 Å². The Labute approximate surface area is 106 Å². The van der Waals surface area contributed by atoms with Crippen molar-refractivity contribution in [3.63, 3.8) is 0 Å². The van der Waals surface area contributed by atoms with Crippen molar-refractivity contribution < 1.29 is 9.15 Å². The van der Waals surface area contributed by atoms with Crippen LogP contribution in [0.5, 0.6) is 5.75 Å². The molecule has 0 amide bonds. The number of fused-ring (bicyclic) bond motifs is 3. The van der Waals surface area contributed by atoms with Crippen LogP contribution >= 0.6 is 22.6 Å². The Morgan fingerprint density at radius 3 is 2.69 bits per heavy atom. The molecule has 0 aliphatic carbocycles. The van der Waals surface area contributed by atoms with Crippen LogP contribution in [0.4, 0.5) is 0 Å². The smallest absolute Gasteiger partial charge is 0.136 e. The lowest BCUT2D eigenvalue weighted by atomic mass is 10.1. The van der Waals surface area contributed by atoms with Crippen LogP contribution in [0.25, 0.3) is 21.9 Å². The number of rotatable bonds is 1. The van der Waals surface area contributed by atoms with Gasteiger partial charge in [0.2, 0.25) is 0 Å². The SMILES string of the molecule is COc1cc2c(cc1I)oc1ccccc12. The molecule has 0 fully saturated rings. The Balaban J connectivity index is 2.47. The Morgan fingerprint density at radius 1 is 1.06 bits per heavy atom. The number of furan rings is 1. The fourth-order valence-corrected chi connectivity index (χ4v) is 2.54. The lowest BCUT2D eigenvalue weighted by Crippen LogP contribution is -1.85. The van der Waals surface area contributed by atoms with Gasteiger partial charge in [-0.3, -0.25) is 0 Å². The average Bonchev–Trinajstić information content (AvgIpc) is 2.65. The summed E-state index contributed by atoms with van der Waals surface area (Å²) in [5.41, 5.74) is 1.83. The second kappa shape index (κ2) is 3.66. The van der Waals surface area contributed by atoms with Crippen molar-refractivity contribution in [2.45, 2.75) is 0 Å². The Morgan fingerprint density at radius 2 is 1.88 bits per heavy atom. The zero-order valence-electron chi connectivity index (χ0n) is 8.66. The maximum atomic E-state index is 5.77. The summed E-state index contributed by atoms with van der Waals surface area (Å²) in [6.07, 6.45) is 0. The van der Waals surface area contributed by atoms with E-state index in [1.54, 1.807) is 7.11 Å². The van der Waals surface area contributed by atoms with Crippen LogP contribution in [0.2, 0.25) is 0 Å². The molecule has 3 heteroatoms. The molecule has 1 aromatic heterocycles. The van der Waals surface area contributed by atoms with E-state index in [1.807, 2.05) is 30.3 Å². The van der Waals surface area contributed by atoms with Crippen LogP contribution in [0.1, 0.15) is 0 Å². The molecule has 0 atom stereocenters. The van der Waals surface area contributed by atoms with Crippen LogP contribution in [0.15, 0.2) is 40.8 Å². The lowest BCUT2D eigenvalue weighted by Gasteiger charge is -2.01. The maximum absolute atomic E-state index is 5.77. The van der Waals surface area contributed by atoms with E-state index in [1.165, 1.54) is 0 Å². The van der Waals surface area contributed by atoms with E-state index < -0.39 is 0 Å². The molecule has 0 bridgehead atoms. The largest absolute Gasteiger partial charge is 0.496 e. The van der Waals surface area contributed by atoms with E-state index in [0.29, 0.717) is 0 Å². The quantitative estimate of drug-likeness (QED) is 0.626. The molecule has 0 aliphatic rings. The maximum Gasteiger partial charge on any atom is 0.136 e. The predicted molar refractivity (Wildman–Crippen MR) is 73.0 cm³/mol. The summed E-state index contributed by atoms with van der Waals surface area (Å²) in [6, 6.07) is 12.1. The van der Waals surface area contributed by atoms with Gasteiger partial charge in [-0.1, -0.05) is 18.2 Å². The molecule has 80 valence electrons. The van der Waals surface area contributed by atoms with E-state index in [2.05, 4.69) is 28.7 Å². The zero-order valence-corrected chi connectivity index (χ0v) is 10.8. The van der Waals surface area contributed by atoms with Crippen LogP contribution < -0.4 is 4.74 Å². The number of hydrogen-bond donors (Lipinski definition) is 0. The first kappa shape index (κ1) is 9.96. The van der Waals surface area contributed by atoms with Crippen molar-refractivity contribution in [2.24, 2.45) is 0 Å². The summed E-state index contributed by atoms with van der Waals surface area (Å²) in [6.45, 7) is 0. The van der Waals surface area contributed by atoms with Crippen molar-refractivity contribution in [1.29, 1.82) is 0 Å². The van der Waals surface area contributed by atoms with Gasteiger partial charge in [0.1, 0.15) is 16.9 Å². The van der Waals surface area contributed by atoms with E-state index in [-0.39, 0.29) is 0 Å². The monoisotopic (exact) mass is 324 g/mol. The summed E-state index contributed by atoms with van der Waals surface area (Å²) in [7, 11) is 1.69. The molecule has 0 spiro atoms. The van der Waals surface area contributed by atoms with Gasteiger partial charge in [-0.05, 0) is 40.8 Å². The average molecular weight is 324 g/mol. The molecule has 2 aromatic carbocycles. The number of ether oxygens (including phenoxy) is 1. The molecule has 0 radical (unpaired) electrons. The van der Waals surface area contributed by atoms with E-state index in [4.69, 9.17) is 9.15 Å². The van der Waals surface area contributed by atoms with Crippen LogP contribution in [-0.4, -0.2) is 7.11 Å². The molecule has 0 saturated carbocycles. The summed E-state index contributed by atoms with van der Waals surface area (Å²) in [5.74, 6) is 0.889. The molecular formula is C13H9IO2. The second-order valence-corrected chi connectivity index (χ2v) is 4.74. The molecule has 2 nitrogen and oxygen atoms in total. The van der Waals surface area contributed by atoms with Gasteiger partial charge in [0.05, 0.1) is 10.7 Å². The number of benzene rings is 2. The molecular weight excluding hydrogens is 315 g/mol. The van der Waals surface area contributed by atoms with Crippen LogP contribution in [0.3, 0.4) is 0 Å². The van der Waals surface area contributed by atoms with E-state index >= 15 is 0 Å². The van der Waals surface area contributed by atoms with Gasteiger partial charge in [-0.25, -0.2) is 0 Å². The first-order chi connectivity index (χ1) is 7.79. The van der Waals surface area contributed by atoms with Gasteiger partial charge >= 0.3 is 0 Å². The molecule has 16 heavy (non-hydrogen) atoms. The van der Waals surface area contributed by atoms with Gasteiger partial charge in [-0.2, -0.15) is 0 Å². The molecule has 0 aliphatic heterocycles. The molecule has 3 rings (SSSR count). The highest BCUT2D eigenvalue weighted by Crippen LogP contribution is 2.34. The van der Waals surface area contributed by atoms with Crippen molar-refractivity contribution in [2.75, 3.05) is 7.11 Å². The van der Waals surface area contributed by atoms with Gasteiger partial charge in [0.15, 0.2) is 0 Å². The predicted octanol–water partition coefficient (Wildman–Crippen LogP) is 4.20. The van der Waals surface area contributed by atoms with E-state index in [0.717, 1.165) is 31.3 Å². The summed E-state index contributed by atoms with van der Waals surface area (Å²) in [4.78, 5) is 0. The first-order valence-corrected chi connectivity index (χ1v) is 6.02. The van der Waals surface area contributed by atoms with Crippen LogP contribution in [0, 0.1) is 3.57 Å². The van der Waals surface area contributed by atoms with Crippen molar-refractivity contribution in [1.82, 2.24) is 0 Å². The molecule has 0 N–H and O–H groups in total. The summed E-state index contributed by atoms with van der Waals surface area (Å²) >= 11 is 2.25. The molecule has 3 aromatic rings. The number of methoxy groups -OCH3 is 1. The van der Waals surface area contributed by atoms with Gasteiger partial charge in [-0.15, -0.1) is 0 Å². The van der Waals surface area contributed by atoms with Gasteiger partial charge in [0, 0.05) is 10.8 Å². The minimum Gasteiger partial charge on any atom is -0.496 e. The fourth-order valence-electron chi connectivity index (χ4n) is 1.88. The third-order valence-electron chi connectivity index (χ3n) is 2.65. The highest BCUT2D eigenvalue weighted by atomic mass is 127. The van der Waals surface area contributed by atoms with Gasteiger partial charge < -0.3 is 9.15 Å². The topological polar surface area (TPSA) is 22.4 Å². The number of para-hydroxylation sites is 1. The van der Waals surface area contributed by atoms with Crippen LogP contribution in [-0.2, 0) is 0 Å². The third kappa shape index (κ3) is 1.38. The minimum atomic E-state index is 0.889. The van der Waals surface area contributed by atoms with Crippen molar-refractivity contribution in [3.8, 4) is 5.75 Å². The zero-order chi connectivity index (χ0) is 11.1. The van der Waals surface area contributed by atoms with Crippen molar-refractivity contribution in [3.05, 3.63) is 40.0 Å². The van der Waals surface area contributed by atoms with Crippen molar-refractivity contribution >= 4 is 44.5 Å². The first-order valence-electron chi connectivity index (χ1n) is 4.94. The number of halogens is 1. The number of hydrogen-bond acceptors (Lipinski definition) is 2. The van der Waals surface area contributed by atoms with E-state index in [9.17, 15) is 0 Å². The fraction of sp³-hybridized carbons (Fsp3) is 0.0769. The highest BCUT2D eigenvalue weighted by molar-refractivity contribution is 14.1. The molecule has 0 unspecified atom stereocenters. The highest BCUT2D eigenvalue weighted by Gasteiger charge is 2.09. The standard InChI is InChI=1S/C13H9IO2/c1-15-13-6-9-8-4-2-3-5-11(8)16-12(9)7-10(13)14/h2-7H,1H3. The Kier molecular flexibility index (Phi) is 2.28.